The maximum atomic E-state index is 14.6. The van der Waals surface area contributed by atoms with Crippen LogP contribution in [0.3, 0.4) is 0 Å². The van der Waals surface area contributed by atoms with Crippen molar-refractivity contribution >= 4 is 35.2 Å². The van der Waals surface area contributed by atoms with Crippen molar-refractivity contribution in [3.05, 3.63) is 53.6 Å². The zero-order valence-electron chi connectivity index (χ0n) is 22.7. The number of carbonyl (C=O) groups is 3. The molecule has 1 aromatic carbocycles. The molecule has 38 heavy (non-hydrogen) atoms. The van der Waals surface area contributed by atoms with Gasteiger partial charge in [0.2, 0.25) is 5.91 Å². The first-order valence-corrected chi connectivity index (χ1v) is 14.5. The summed E-state index contributed by atoms with van der Waals surface area (Å²) in [6, 6.07) is 4.66. The zero-order chi connectivity index (χ0) is 27.2. The summed E-state index contributed by atoms with van der Waals surface area (Å²) in [5.74, 6) is -2.30. The van der Waals surface area contributed by atoms with Gasteiger partial charge in [-0.25, -0.2) is 0 Å². The van der Waals surface area contributed by atoms with E-state index in [0.29, 0.717) is 19.6 Å². The number of thioether (sulfide) groups is 1. The van der Waals surface area contributed by atoms with E-state index >= 15 is 0 Å². The lowest BCUT2D eigenvalue weighted by atomic mass is 9.74. The lowest BCUT2D eigenvalue weighted by Crippen LogP contribution is -2.57. The van der Waals surface area contributed by atoms with Gasteiger partial charge in [0.1, 0.15) is 6.04 Å². The molecule has 2 fully saturated rings. The SMILES string of the molecule is CC[C@@H](CO)N1C(=O)[C@@H]2[C@H]3C(=O)OCCCC/C=C\[C@@]3(C)S[C@@]23C=CCN(c2cc(C)ccc2C)C(=O)C13. The van der Waals surface area contributed by atoms with Crippen molar-refractivity contribution in [2.24, 2.45) is 11.8 Å². The van der Waals surface area contributed by atoms with Crippen LogP contribution in [0.4, 0.5) is 5.69 Å². The average Bonchev–Trinajstić information content (AvgIpc) is 3.22. The molecule has 4 aliphatic heterocycles. The normalized spacial score (nSPS) is 34.8. The predicted molar refractivity (Wildman–Crippen MR) is 149 cm³/mol. The Hall–Kier alpha value is -2.58. The Kier molecular flexibility index (Phi) is 7.24. The highest BCUT2D eigenvalue weighted by molar-refractivity contribution is 8.02. The van der Waals surface area contributed by atoms with Gasteiger partial charge < -0.3 is 19.6 Å². The lowest BCUT2D eigenvalue weighted by Gasteiger charge is -2.39. The number of aliphatic hydroxyl groups excluding tert-OH is 1. The molecule has 1 spiro atoms. The summed E-state index contributed by atoms with van der Waals surface area (Å²) in [7, 11) is 0. The number of cyclic esters (lactones) is 1. The van der Waals surface area contributed by atoms with Crippen LogP contribution < -0.4 is 4.90 Å². The molecule has 7 nitrogen and oxygen atoms in total. The van der Waals surface area contributed by atoms with E-state index in [-0.39, 0.29) is 24.4 Å². The minimum atomic E-state index is -0.958. The molecule has 1 aromatic rings. The number of likely N-dealkylation sites (tertiary alicyclic amines) is 1. The molecule has 0 bridgehead atoms. The molecule has 0 saturated carbocycles. The van der Waals surface area contributed by atoms with Crippen LogP contribution >= 0.6 is 11.8 Å². The monoisotopic (exact) mass is 538 g/mol. The van der Waals surface area contributed by atoms with Gasteiger partial charge in [0.25, 0.3) is 5.91 Å². The van der Waals surface area contributed by atoms with Crippen LogP contribution in [0.2, 0.25) is 0 Å². The van der Waals surface area contributed by atoms with E-state index < -0.39 is 33.4 Å². The third kappa shape index (κ3) is 4.11. The minimum Gasteiger partial charge on any atom is -0.465 e. The second-order valence-electron chi connectivity index (χ2n) is 11.2. The Morgan fingerprint density at radius 1 is 1.11 bits per heavy atom. The second kappa shape index (κ2) is 10.2. The van der Waals surface area contributed by atoms with Crippen molar-refractivity contribution < 1.29 is 24.2 Å². The number of benzene rings is 1. The number of allylic oxidation sites excluding steroid dienone is 1. The number of rotatable bonds is 4. The largest absolute Gasteiger partial charge is 0.465 e. The van der Waals surface area contributed by atoms with Gasteiger partial charge in [0, 0.05) is 17.0 Å². The molecule has 0 radical (unpaired) electrons. The van der Waals surface area contributed by atoms with Crippen LogP contribution in [-0.2, 0) is 19.1 Å². The van der Waals surface area contributed by atoms with E-state index in [2.05, 4.69) is 12.2 Å². The molecule has 2 saturated heterocycles. The lowest BCUT2D eigenvalue weighted by molar-refractivity contribution is -0.154. The van der Waals surface area contributed by atoms with Gasteiger partial charge in [-0.15, -0.1) is 11.8 Å². The number of esters is 1. The topological polar surface area (TPSA) is 87.2 Å². The van der Waals surface area contributed by atoms with Gasteiger partial charge in [0.15, 0.2) is 0 Å². The van der Waals surface area contributed by atoms with Crippen LogP contribution in [0.5, 0.6) is 0 Å². The molecule has 2 amide bonds. The second-order valence-corrected chi connectivity index (χ2v) is 13.0. The number of amides is 2. The van der Waals surface area contributed by atoms with Crippen LogP contribution in [-0.4, -0.2) is 69.1 Å². The number of hydrogen-bond acceptors (Lipinski definition) is 6. The number of aryl methyl sites for hydroxylation is 2. The van der Waals surface area contributed by atoms with Crippen LogP contribution in [0.1, 0.15) is 50.7 Å². The van der Waals surface area contributed by atoms with Crippen LogP contribution in [0.15, 0.2) is 42.5 Å². The summed E-state index contributed by atoms with van der Waals surface area (Å²) in [6.07, 6.45) is 11.2. The number of anilines is 1. The van der Waals surface area contributed by atoms with Crippen molar-refractivity contribution in [1.82, 2.24) is 4.90 Å². The molecule has 4 heterocycles. The van der Waals surface area contributed by atoms with Crippen LogP contribution in [0, 0.1) is 25.7 Å². The first-order chi connectivity index (χ1) is 18.2. The number of nitrogens with zero attached hydrogens (tertiary/aromatic N) is 2. The third-order valence-electron chi connectivity index (χ3n) is 8.67. The fourth-order valence-corrected chi connectivity index (χ4v) is 8.91. The fraction of sp³-hybridized carbons (Fsp3) is 0.567. The molecule has 5 rings (SSSR count). The average molecular weight is 539 g/mol. The van der Waals surface area contributed by atoms with E-state index in [4.69, 9.17) is 4.74 Å². The van der Waals surface area contributed by atoms with E-state index in [1.807, 2.05) is 58.0 Å². The maximum Gasteiger partial charge on any atom is 0.311 e. The smallest absolute Gasteiger partial charge is 0.311 e. The van der Waals surface area contributed by atoms with Gasteiger partial charge in [-0.3, -0.25) is 14.4 Å². The van der Waals surface area contributed by atoms with Gasteiger partial charge in [-0.1, -0.05) is 43.4 Å². The number of hydrogen-bond donors (Lipinski definition) is 1. The van der Waals surface area contributed by atoms with Crippen molar-refractivity contribution in [3.63, 3.8) is 0 Å². The Bertz CT molecular complexity index is 1190. The molecule has 0 aromatic heterocycles. The number of aliphatic hydroxyl groups is 1. The van der Waals surface area contributed by atoms with Crippen LogP contribution in [0.25, 0.3) is 0 Å². The summed E-state index contributed by atoms with van der Waals surface area (Å²) in [6.45, 7) is 8.33. The van der Waals surface area contributed by atoms with Crippen molar-refractivity contribution in [2.45, 2.75) is 75.0 Å². The highest BCUT2D eigenvalue weighted by atomic mass is 32.2. The molecular weight excluding hydrogens is 500 g/mol. The number of ether oxygens (including phenoxy) is 1. The Balaban J connectivity index is 1.69. The molecule has 1 N–H and O–H groups in total. The minimum absolute atomic E-state index is 0.177. The Labute approximate surface area is 229 Å². The highest BCUT2D eigenvalue weighted by Gasteiger charge is 2.74. The number of carbonyl (C=O) groups excluding carboxylic acids is 3. The summed E-state index contributed by atoms with van der Waals surface area (Å²) in [5, 5.41) is 10.3. The molecule has 4 aliphatic rings. The first kappa shape index (κ1) is 27.0. The van der Waals surface area contributed by atoms with E-state index in [9.17, 15) is 19.5 Å². The zero-order valence-corrected chi connectivity index (χ0v) is 23.5. The first-order valence-electron chi connectivity index (χ1n) is 13.7. The van der Waals surface area contributed by atoms with Crippen molar-refractivity contribution in [2.75, 3.05) is 24.7 Å². The van der Waals surface area contributed by atoms with Crippen molar-refractivity contribution in [3.8, 4) is 0 Å². The summed E-state index contributed by atoms with van der Waals surface area (Å²) < 4.78 is 4.06. The fourth-order valence-electron chi connectivity index (χ4n) is 6.77. The van der Waals surface area contributed by atoms with Gasteiger partial charge >= 0.3 is 5.97 Å². The van der Waals surface area contributed by atoms with Gasteiger partial charge in [-0.05, 0) is 63.6 Å². The van der Waals surface area contributed by atoms with Gasteiger partial charge in [0.05, 0.1) is 35.8 Å². The van der Waals surface area contributed by atoms with Crippen molar-refractivity contribution in [1.29, 1.82) is 0 Å². The molecule has 6 atom stereocenters. The molecular formula is C30H38N2O5S. The Morgan fingerprint density at radius 2 is 1.89 bits per heavy atom. The molecule has 1 unspecified atom stereocenters. The molecule has 204 valence electrons. The summed E-state index contributed by atoms with van der Waals surface area (Å²) in [5.41, 5.74) is 2.83. The maximum absolute atomic E-state index is 14.6. The highest BCUT2D eigenvalue weighted by Crippen LogP contribution is 2.65. The quantitative estimate of drug-likeness (QED) is 0.462. The van der Waals surface area contributed by atoms with E-state index in [0.717, 1.165) is 36.1 Å². The summed E-state index contributed by atoms with van der Waals surface area (Å²) >= 11 is 1.54. The number of fused-ring (bicyclic) bond motifs is 2. The molecule has 8 heteroatoms. The van der Waals surface area contributed by atoms with E-state index in [1.54, 1.807) is 21.6 Å². The van der Waals surface area contributed by atoms with E-state index in [1.165, 1.54) is 0 Å². The van der Waals surface area contributed by atoms with Gasteiger partial charge in [-0.2, -0.15) is 0 Å². The summed E-state index contributed by atoms with van der Waals surface area (Å²) in [4.78, 5) is 46.0. The molecule has 0 aliphatic carbocycles. The Morgan fingerprint density at radius 3 is 2.63 bits per heavy atom. The standard InChI is InChI=1S/C30H38N2O5S/c1-5-21(18-33)32-25-27(35)31(22-17-19(2)11-12-20(22)3)15-10-14-30(25)23(26(32)34)24-28(36)37-16-9-7-6-8-13-29(24,4)38-30/h8,10-14,17,21,23-25,33H,5-7,9,15-16,18H2,1-4H3/b13-8-/t21-,23-,24-,25?,29+,30-/m0/s1. The third-order valence-corrected chi connectivity index (χ3v) is 10.5. The predicted octanol–water partition coefficient (Wildman–Crippen LogP) is 3.95.